The van der Waals surface area contributed by atoms with Gasteiger partial charge < -0.3 is 5.32 Å². The molecule has 0 aliphatic heterocycles. The number of aryl methyl sites for hydroxylation is 1. The summed E-state index contributed by atoms with van der Waals surface area (Å²) in [5, 5.41) is 3.27. The Morgan fingerprint density at radius 1 is 1.10 bits per heavy atom. The highest BCUT2D eigenvalue weighted by Gasteiger charge is 2.11. The molecule has 5 heteroatoms. The van der Waals surface area contributed by atoms with Gasteiger partial charge in [-0.15, -0.1) is 0 Å². The number of sulfonamides is 1. The fourth-order valence-electron chi connectivity index (χ4n) is 1.92. The fourth-order valence-corrected chi connectivity index (χ4v) is 3.17. The Morgan fingerprint density at radius 3 is 2.55 bits per heavy atom. The van der Waals surface area contributed by atoms with Gasteiger partial charge in [0.15, 0.2) is 0 Å². The number of anilines is 1. The van der Waals surface area contributed by atoms with Crippen molar-refractivity contribution < 1.29 is 8.42 Å². The van der Waals surface area contributed by atoms with Gasteiger partial charge in [-0.2, -0.15) is 0 Å². The first kappa shape index (κ1) is 17.0. The monoisotopic (exact) mass is 298 g/mol. The Balaban J connectivity index is 2.43. The zero-order valence-electron chi connectivity index (χ0n) is 12.7. The van der Waals surface area contributed by atoms with Crippen molar-refractivity contribution in [2.45, 2.75) is 40.0 Å². The van der Waals surface area contributed by atoms with E-state index in [1.807, 2.05) is 32.0 Å². The molecule has 0 radical (unpaired) electrons. The molecule has 0 aliphatic carbocycles. The Bertz CT molecular complexity index is 513. The molecule has 1 rings (SSSR count). The van der Waals surface area contributed by atoms with E-state index in [1.54, 1.807) is 0 Å². The summed E-state index contributed by atoms with van der Waals surface area (Å²) in [7, 11) is -3.24. The van der Waals surface area contributed by atoms with Gasteiger partial charge in [0.1, 0.15) is 0 Å². The van der Waals surface area contributed by atoms with Crippen LogP contribution in [0.2, 0.25) is 0 Å². The third-order valence-electron chi connectivity index (χ3n) is 3.31. The maximum Gasteiger partial charge on any atom is 0.232 e. The maximum atomic E-state index is 12.0. The van der Waals surface area contributed by atoms with Crippen LogP contribution in [0.4, 0.5) is 5.69 Å². The van der Waals surface area contributed by atoms with Crippen LogP contribution < -0.4 is 10.0 Å². The Hall–Kier alpha value is -1.07. The molecule has 0 saturated carbocycles. The molecule has 114 valence electrons. The molecule has 1 aromatic carbocycles. The van der Waals surface area contributed by atoms with Crippen LogP contribution in [-0.2, 0) is 10.0 Å². The van der Waals surface area contributed by atoms with Gasteiger partial charge in [-0.1, -0.05) is 19.1 Å². The van der Waals surface area contributed by atoms with E-state index in [-0.39, 0.29) is 5.75 Å². The first-order chi connectivity index (χ1) is 9.46. The molecule has 0 aromatic heterocycles. The van der Waals surface area contributed by atoms with Crippen molar-refractivity contribution in [1.29, 1.82) is 0 Å². The minimum absolute atomic E-state index is 0.175. The van der Waals surface area contributed by atoms with Crippen LogP contribution in [0.3, 0.4) is 0 Å². The molecule has 0 fully saturated rings. The SMILES string of the molecule is CCCNCCCCS(=O)(=O)Nc1cccc(C)c1C. The summed E-state index contributed by atoms with van der Waals surface area (Å²) in [4.78, 5) is 0. The number of benzene rings is 1. The molecule has 4 nitrogen and oxygen atoms in total. The van der Waals surface area contributed by atoms with Crippen molar-refractivity contribution in [2.75, 3.05) is 23.6 Å². The summed E-state index contributed by atoms with van der Waals surface area (Å²) in [5.41, 5.74) is 2.77. The lowest BCUT2D eigenvalue weighted by Crippen LogP contribution is -2.20. The second kappa shape index (κ2) is 8.27. The number of hydrogen-bond donors (Lipinski definition) is 2. The molecule has 0 unspecified atom stereocenters. The van der Waals surface area contributed by atoms with Crippen molar-refractivity contribution in [3.8, 4) is 0 Å². The van der Waals surface area contributed by atoms with E-state index in [0.717, 1.165) is 37.1 Å². The van der Waals surface area contributed by atoms with Gasteiger partial charge in [0, 0.05) is 0 Å². The van der Waals surface area contributed by atoms with E-state index in [9.17, 15) is 8.42 Å². The smallest absolute Gasteiger partial charge is 0.232 e. The average Bonchev–Trinajstić information content (AvgIpc) is 2.39. The molecule has 20 heavy (non-hydrogen) atoms. The van der Waals surface area contributed by atoms with Crippen molar-refractivity contribution in [3.63, 3.8) is 0 Å². The van der Waals surface area contributed by atoms with E-state index in [1.165, 1.54) is 0 Å². The third-order valence-corrected chi connectivity index (χ3v) is 4.67. The number of hydrogen-bond acceptors (Lipinski definition) is 3. The molecule has 0 bridgehead atoms. The van der Waals surface area contributed by atoms with Crippen LogP contribution >= 0.6 is 0 Å². The highest BCUT2D eigenvalue weighted by atomic mass is 32.2. The molecule has 0 aliphatic rings. The van der Waals surface area contributed by atoms with Crippen molar-refractivity contribution >= 4 is 15.7 Å². The van der Waals surface area contributed by atoms with Gasteiger partial charge in [0.25, 0.3) is 0 Å². The number of unbranched alkanes of at least 4 members (excludes halogenated alkanes) is 1. The van der Waals surface area contributed by atoms with Crippen LogP contribution in [-0.4, -0.2) is 27.3 Å². The highest BCUT2D eigenvalue weighted by molar-refractivity contribution is 7.92. The molecular weight excluding hydrogens is 272 g/mol. The van der Waals surface area contributed by atoms with E-state index in [4.69, 9.17) is 0 Å². The summed E-state index contributed by atoms with van der Waals surface area (Å²) < 4.78 is 26.7. The van der Waals surface area contributed by atoms with E-state index in [0.29, 0.717) is 12.1 Å². The molecule has 0 heterocycles. The van der Waals surface area contributed by atoms with E-state index < -0.39 is 10.0 Å². The minimum atomic E-state index is -3.24. The Labute approximate surface area is 123 Å². The second-order valence-electron chi connectivity index (χ2n) is 5.13. The van der Waals surface area contributed by atoms with Crippen molar-refractivity contribution in [3.05, 3.63) is 29.3 Å². The standard InChI is InChI=1S/C15H26N2O2S/c1-4-10-16-11-5-6-12-20(18,19)17-15-9-7-8-13(2)14(15)3/h7-9,16-17H,4-6,10-12H2,1-3H3. The zero-order chi connectivity index (χ0) is 15.0. The first-order valence-electron chi connectivity index (χ1n) is 7.23. The van der Waals surface area contributed by atoms with Crippen molar-refractivity contribution in [2.24, 2.45) is 0 Å². The van der Waals surface area contributed by atoms with Crippen LogP contribution in [0.25, 0.3) is 0 Å². The van der Waals surface area contributed by atoms with Gasteiger partial charge >= 0.3 is 0 Å². The largest absolute Gasteiger partial charge is 0.317 e. The van der Waals surface area contributed by atoms with Gasteiger partial charge in [0.05, 0.1) is 11.4 Å². The quantitative estimate of drug-likeness (QED) is 0.689. The van der Waals surface area contributed by atoms with Gasteiger partial charge in [-0.25, -0.2) is 8.42 Å². The highest BCUT2D eigenvalue weighted by Crippen LogP contribution is 2.19. The number of nitrogens with one attached hydrogen (secondary N) is 2. The molecule has 1 aromatic rings. The first-order valence-corrected chi connectivity index (χ1v) is 8.89. The van der Waals surface area contributed by atoms with Crippen LogP contribution in [0.15, 0.2) is 18.2 Å². The molecule has 0 amide bonds. The fraction of sp³-hybridized carbons (Fsp3) is 0.600. The molecule has 2 N–H and O–H groups in total. The predicted molar refractivity (Wildman–Crippen MR) is 85.7 cm³/mol. The van der Waals surface area contributed by atoms with Crippen LogP contribution in [0, 0.1) is 13.8 Å². The molecule has 0 atom stereocenters. The van der Waals surface area contributed by atoms with Gasteiger partial charge in [-0.3, -0.25) is 4.72 Å². The molecular formula is C15H26N2O2S. The number of rotatable bonds is 9. The Morgan fingerprint density at radius 2 is 1.85 bits per heavy atom. The second-order valence-corrected chi connectivity index (χ2v) is 6.97. The normalized spacial score (nSPS) is 11.6. The van der Waals surface area contributed by atoms with Crippen LogP contribution in [0.5, 0.6) is 0 Å². The van der Waals surface area contributed by atoms with Gasteiger partial charge in [0.2, 0.25) is 10.0 Å². The minimum Gasteiger partial charge on any atom is -0.317 e. The summed E-state index contributed by atoms with van der Waals surface area (Å²) >= 11 is 0. The average molecular weight is 298 g/mol. The third kappa shape index (κ3) is 5.92. The lowest BCUT2D eigenvalue weighted by Gasteiger charge is -2.12. The van der Waals surface area contributed by atoms with E-state index >= 15 is 0 Å². The summed E-state index contributed by atoms with van der Waals surface area (Å²) in [6, 6.07) is 5.66. The summed E-state index contributed by atoms with van der Waals surface area (Å²) in [6.45, 7) is 7.90. The van der Waals surface area contributed by atoms with Crippen LogP contribution in [0.1, 0.15) is 37.3 Å². The zero-order valence-corrected chi connectivity index (χ0v) is 13.5. The lowest BCUT2D eigenvalue weighted by atomic mass is 10.1. The molecule has 0 spiro atoms. The predicted octanol–water partition coefficient (Wildman–Crippen LogP) is 2.82. The van der Waals surface area contributed by atoms with Crippen molar-refractivity contribution in [1.82, 2.24) is 5.32 Å². The van der Waals surface area contributed by atoms with Gasteiger partial charge in [-0.05, 0) is 63.4 Å². The summed E-state index contributed by atoms with van der Waals surface area (Å²) in [6.07, 6.45) is 2.66. The Kier molecular flexibility index (Phi) is 7.02. The lowest BCUT2D eigenvalue weighted by molar-refractivity contribution is 0.590. The molecule has 0 saturated heterocycles. The summed E-state index contributed by atoms with van der Waals surface area (Å²) in [5.74, 6) is 0.175. The van der Waals surface area contributed by atoms with E-state index in [2.05, 4.69) is 17.0 Å². The topological polar surface area (TPSA) is 58.2 Å². The maximum absolute atomic E-state index is 12.0.